The number of hydrogen-bond donors (Lipinski definition) is 1. The summed E-state index contributed by atoms with van der Waals surface area (Å²) in [5.74, 6) is 1.53. The van der Waals surface area contributed by atoms with E-state index in [0.29, 0.717) is 6.10 Å². The summed E-state index contributed by atoms with van der Waals surface area (Å²) in [4.78, 5) is 0. The second-order valence-electron chi connectivity index (χ2n) is 5.07. The van der Waals surface area contributed by atoms with Crippen molar-refractivity contribution >= 4 is 0 Å². The van der Waals surface area contributed by atoms with Crippen LogP contribution in [0.5, 0.6) is 11.5 Å². The van der Waals surface area contributed by atoms with Crippen LogP contribution < -0.4 is 9.47 Å². The molecule has 0 bridgehead atoms. The molecule has 0 aliphatic heterocycles. The average molecular weight is 234 g/mol. The summed E-state index contributed by atoms with van der Waals surface area (Å²) in [6, 6.07) is 5.75. The summed E-state index contributed by atoms with van der Waals surface area (Å²) in [5.41, 5.74) is 0.344. The van der Waals surface area contributed by atoms with E-state index in [4.69, 9.17) is 9.47 Å². The minimum atomic E-state index is -0.607. The predicted molar refractivity (Wildman–Crippen MR) is 64.4 cm³/mol. The van der Waals surface area contributed by atoms with E-state index in [1.54, 1.807) is 7.11 Å². The molecule has 1 N–H and O–H groups in total. The van der Waals surface area contributed by atoms with E-state index >= 15 is 0 Å². The Kier molecular flexibility index (Phi) is 2.51. The molecule has 1 aromatic carbocycles. The molecule has 0 spiro atoms. The smallest absolute Gasteiger partial charge is 0.161 e. The number of aliphatic hydroxyl groups is 1. The lowest BCUT2D eigenvalue weighted by Gasteiger charge is -2.27. The van der Waals surface area contributed by atoms with Crippen LogP contribution in [0.2, 0.25) is 0 Å². The second-order valence-corrected chi connectivity index (χ2v) is 5.07. The largest absolute Gasteiger partial charge is 0.493 e. The Labute approximate surface area is 101 Å². The monoisotopic (exact) mass is 234 g/mol. The van der Waals surface area contributed by atoms with Gasteiger partial charge in [0.15, 0.2) is 11.5 Å². The molecule has 2 fully saturated rings. The highest BCUT2D eigenvalue weighted by atomic mass is 16.5. The first-order chi connectivity index (χ1) is 8.21. The average Bonchev–Trinajstić information content (AvgIpc) is 3.03. The van der Waals surface area contributed by atoms with Gasteiger partial charge in [-0.1, -0.05) is 6.07 Å². The first-order valence-corrected chi connectivity index (χ1v) is 6.29. The predicted octanol–water partition coefficient (Wildman–Crippen LogP) is 2.61. The van der Waals surface area contributed by atoms with Gasteiger partial charge >= 0.3 is 0 Å². The van der Waals surface area contributed by atoms with Gasteiger partial charge in [-0.25, -0.2) is 0 Å². The molecule has 3 nitrogen and oxygen atoms in total. The fraction of sp³-hybridized carbons (Fsp3) is 0.571. The van der Waals surface area contributed by atoms with Gasteiger partial charge in [0.25, 0.3) is 0 Å². The van der Waals surface area contributed by atoms with Crippen molar-refractivity contribution in [2.45, 2.75) is 43.8 Å². The van der Waals surface area contributed by atoms with E-state index in [1.807, 2.05) is 18.2 Å². The lowest BCUT2D eigenvalue weighted by atomic mass is 9.96. The molecule has 0 heterocycles. The van der Waals surface area contributed by atoms with Gasteiger partial charge in [0, 0.05) is 0 Å². The molecule has 0 aromatic heterocycles. The number of rotatable bonds is 4. The van der Waals surface area contributed by atoms with Gasteiger partial charge < -0.3 is 14.6 Å². The normalized spacial score (nSPS) is 21.8. The van der Waals surface area contributed by atoms with Gasteiger partial charge in [0.2, 0.25) is 0 Å². The van der Waals surface area contributed by atoms with Crippen LogP contribution in [0.1, 0.15) is 37.7 Å². The van der Waals surface area contributed by atoms with Gasteiger partial charge in [-0.05, 0) is 49.8 Å². The number of ether oxygens (including phenoxy) is 2. The lowest BCUT2D eigenvalue weighted by Crippen LogP contribution is -2.25. The van der Waals surface area contributed by atoms with Crippen LogP contribution in [0.25, 0.3) is 0 Å². The molecule has 0 radical (unpaired) electrons. The molecule has 0 unspecified atom stereocenters. The Morgan fingerprint density at radius 3 is 2.53 bits per heavy atom. The van der Waals surface area contributed by atoms with Crippen molar-refractivity contribution in [1.29, 1.82) is 0 Å². The molecule has 1 aromatic rings. The molecule has 2 saturated carbocycles. The molecular weight excluding hydrogens is 216 g/mol. The van der Waals surface area contributed by atoms with Crippen molar-refractivity contribution in [2.75, 3.05) is 7.11 Å². The maximum Gasteiger partial charge on any atom is 0.161 e. The Morgan fingerprint density at radius 1 is 1.24 bits per heavy atom. The second kappa shape index (κ2) is 3.91. The van der Waals surface area contributed by atoms with Crippen LogP contribution in [0.15, 0.2) is 18.2 Å². The van der Waals surface area contributed by atoms with Crippen molar-refractivity contribution in [3.05, 3.63) is 23.8 Å². The van der Waals surface area contributed by atoms with Crippen LogP contribution in [0, 0.1) is 0 Å². The highest BCUT2D eigenvalue weighted by Crippen LogP contribution is 2.47. The molecule has 0 atom stereocenters. The molecule has 0 saturated heterocycles. The third kappa shape index (κ3) is 2.00. The quantitative estimate of drug-likeness (QED) is 0.870. The minimum absolute atomic E-state index is 0.327. The fourth-order valence-electron chi connectivity index (χ4n) is 2.13. The van der Waals surface area contributed by atoms with Crippen LogP contribution >= 0.6 is 0 Å². The molecule has 2 aliphatic carbocycles. The first-order valence-electron chi connectivity index (χ1n) is 6.29. The van der Waals surface area contributed by atoms with Crippen molar-refractivity contribution in [3.8, 4) is 11.5 Å². The molecule has 3 rings (SSSR count). The Hall–Kier alpha value is -1.22. The van der Waals surface area contributed by atoms with Gasteiger partial charge in [0.1, 0.15) is 0 Å². The third-order valence-corrected chi connectivity index (χ3v) is 3.77. The van der Waals surface area contributed by atoms with E-state index < -0.39 is 5.60 Å². The topological polar surface area (TPSA) is 38.7 Å². The standard InChI is InChI=1S/C14H18O3/c1-16-12-6-5-10(14(15)7-8-14)9-13(12)17-11-3-2-4-11/h5-6,9,11,15H,2-4,7-8H2,1H3. The zero-order chi connectivity index (χ0) is 11.9. The van der Waals surface area contributed by atoms with E-state index in [9.17, 15) is 5.11 Å². The minimum Gasteiger partial charge on any atom is -0.493 e. The highest BCUT2D eigenvalue weighted by molar-refractivity contribution is 5.46. The van der Waals surface area contributed by atoms with Crippen LogP contribution in [-0.2, 0) is 5.60 Å². The van der Waals surface area contributed by atoms with Crippen molar-refractivity contribution in [1.82, 2.24) is 0 Å². The summed E-state index contributed by atoms with van der Waals surface area (Å²) < 4.78 is 11.2. The Bertz CT molecular complexity index is 419. The van der Waals surface area contributed by atoms with Gasteiger partial charge in [-0.3, -0.25) is 0 Å². The summed E-state index contributed by atoms with van der Waals surface area (Å²) in [5, 5.41) is 10.1. The van der Waals surface area contributed by atoms with Crippen LogP contribution in [0.3, 0.4) is 0 Å². The third-order valence-electron chi connectivity index (χ3n) is 3.77. The van der Waals surface area contributed by atoms with Crippen molar-refractivity contribution in [2.24, 2.45) is 0 Å². The fourth-order valence-corrected chi connectivity index (χ4v) is 2.13. The first kappa shape index (κ1) is 10.9. The van der Waals surface area contributed by atoms with Crippen molar-refractivity contribution in [3.63, 3.8) is 0 Å². The number of benzene rings is 1. The van der Waals surface area contributed by atoms with E-state index in [-0.39, 0.29) is 0 Å². The molecule has 3 heteroatoms. The van der Waals surface area contributed by atoms with Gasteiger partial charge in [-0.2, -0.15) is 0 Å². The van der Waals surface area contributed by atoms with E-state index in [0.717, 1.165) is 42.7 Å². The summed E-state index contributed by atoms with van der Waals surface area (Å²) in [6.45, 7) is 0. The summed E-state index contributed by atoms with van der Waals surface area (Å²) in [6.07, 6.45) is 5.52. The highest BCUT2D eigenvalue weighted by Gasteiger charge is 2.42. The zero-order valence-corrected chi connectivity index (χ0v) is 10.1. The summed E-state index contributed by atoms with van der Waals surface area (Å²) >= 11 is 0. The van der Waals surface area contributed by atoms with Crippen molar-refractivity contribution < 1.29 is 14.6 Å². The van der Waals surface area contributed by atoms with Crippen LogP contribution in [0.4, 0.5) is 0 Å². The van der Waals surface area contributed by atoms with Gasteiger partial charge in [-0.15, -0.1) is 0 Å². The SMILES string of the molecule is COc1ccc(C2(O)CC2)cc1OC1CCC1. The summed E-state index contributed by atoms with van der Waals surface area (Å²) in [7, 11) is 1.65. The number of methoxy groups -OCH3 is 1. The molecule has 0 amide bonds. The van der Waals surface area contributed by atoms with Gasteiger partial charge in [0.05, 0.1) is 18.8 Å². The van der Waals surface area contributed by atoms with E-state index in [1.165, 1.54) is 6.42 Å². The number of hydrogen-bond acceptors (Lipinski definition) is 3. The molecule has 92 valence electrons. The Balaban J connectivity index is 1.86. The maximum absolute atomic E-state index is 10.1. The molecule has 2 aliphatic rings. The van der Waals surface area contributed by atoms with Crippen LogP contribution in [-0.4, -0.2) is 18.3 Å². The molecule has 17 heavy (non-hydrogen) atoms. The maximum atomic E-state index is 10.1. The lowest BCUT2D eigenvalue weighted by molar-refractivity contribution is 0.114. The Morgan fingerprint density at radius 2 is 2.00 bits per heavy atom. The zero-order valence-electron chi connectivity index (χ0n) is 10.1. The van der Waals surface area contributed by atoms with E-state index in [2.05, 4.69) is 0 Å². The molecular formula is C14H18O3.